The molecule has 0 bridgehead atoms. The van der Waals surface area contributed by atoms with Crippen LogP contribution in [0.5, 0.6) is 5.75 Å². The standard InChI is InChI=1S/C16H19N3O2/c17-6-7-18-8-10-19(11-9-18)16(20)14-5-12-21-15-4-2-1-3-13(14)15/h1-4,14H,5,7-12H2. The molecule has 0 radical (unpaired) electrons. The smallest absolute Gasteiger partial charge is 0.230 e. The zero-order valence-electron chi connectivity index (χ0n) is 12.0. The maximum atomic E-state index is 12.8. The number of nitrogens with zero attached hydrogens (tertiary/aromatic N) is 3. The molecular weight excluding hydrogens is 266 g/mol. The lowest BCUT2D eigenvalue weighted by atomic mass is 9.91. The molecule has 2 aliphatic heterocycles. The maximum Gasteiger partial charge on any atom is 0.230 e. The van der Waals surface area contributed by atoms with Gasteiger partial charge in [0.15, 0.2) is 0 Å². The van der Waals surface area contributed by atoms with Crippen LogP contribution in [0.3, 0.4) is 0 Å². The lowest BCUT2D eigenvalue weighted by Crippen LogP contribution is -2.50. The van der Waals surface area contributed by atoms with Gasteiger partial charge < -0.3 is 9.64 Å². The first-order chi connectivity index (χ1) is 10.3. The summed E-state index contributed by atoms with van der Waals surface area (Å²) in [6.45, 7) is 4.03. The molecule has 1 aromatic carbocycles. The van der Waals surface area contributed by atoms with Crippen molar-refractivity contribution in [3.63, 3.8) is 0 Å². The minimum atomic E-state index is -0.0857. The van der Waals surface area contributed by atoms with Gasteiger partial charge in [-0.25, -0.2) is 0 Å². The molecule has 2 heterocycles. The van der Waals surface area contributed by atoms with E-state index in [0.717, 1.165) is 30.8 Å². The zero-order valence-corrected chi connectivity index (χ0v) is 12.0. The number of carbonyl (C=O) groups is 1. The number of hydrogen-bond acceptors (Lipinski definition) is 4. The lowest BCUT2D eigenvalue weighted by Gasteiger charge is -2.36. The van der Waals surface area contributed by atoms with E-state index in [9.17, 15) is 4.79 Å². The van der Waals surface area contributed by atoms with Gasteiger partial charge in [-0.05, 0) is 12.5 Å². The summed E-state index contributed by atoms with van der Waals surface area (Å²) in [6, 6.07) is 9.98. The van der Waals surface area contributed by atoms with Crippen LogP contribution in [0.2, 0.25) is 0 Å². The van der Waals surface area contributed by atoms with Crippen LogP contribution in [0.1, 0.15) is 17.9 Å². The summed E-state index contributed by atoms with van der Waals surface area (Å²) < 4.78 is 5.63. The van der Waals surface area contributed by atoms with E-state index in [0.29, 0.717) is 26.2 Å². The molecule has 21 heavy (non-hydrogen) atoms. The first kappa shape index (κ1) is 13.9. The fourth-order valence-corrected chi connectivity index (χ4v) is 3.05. The summed E-state index contributed by atoms with van der Waals surface area (Å²) in [6.07, 6.45) is 0.744. The number of hydrogen-bond donors (Lipinski definition) is 0. The van der Waals surface area contributed by atoms with Gasteiger partial charge in [0.05, 0.1) is 25.1 Å². The van der Waals surface area contributed by atoms with Gasteiger partial charge in [-0.2, -0.15) is 5.26 Å². The highest BCUT2D eigenvalue weighted by molar-refractivity contribution is 5.85. The average molecular weight is 285 g/mol. The number of amides is 1. The minimum Gasteiger partial charge on any atom is -0.493 e. The van der Waals surface area contributed by atoms with E-state index in [1.807, 2.05) is 29.2 Å². The Labute approximate surface area is 124 Å². The number of ether oxygens (including phenoxy) is 1. The number of benzene rings is 1. The molecule has 1 unspecified atom stereocenters. The Morgan fingerprint density at radius 3 is 2.81 bits per heavy atom. The quantitative estimate of drug-likeness (QED) is 0.767. The molecule has 1 fully saturated rings. The Bertz CT molecular complexity index is 559. The Kier molecular flexibility index (Phi) is 4.07. The number of carbonyl (C=O) groups excluding carboxylic acids is 1. The van der Waals surface area contributed by atoms with Crippen molar-refractivity contribution in [3.8, 4) is 11.8 Å². The topological polar surface area (TPSA) is 56.6 Å². The number of para-hydroxylation sites is 1. The van der Waals surface area contributed by atoms with Crippen molar-refractivity contribution in [2.75, 3.05) is 39.3 Å². The molecule has 0 saturated carbocycles. The molecule has 1 saturated heterocycles. The Morgan fingerprint density at radius 2 is 2.05 bits per heavy atom. The van der Waals surface area contributed by atoms with Crippen molar-refractivity contribution in [2.24, 2.45) is 0 Å². The number of nitriles is 1. The van der Waals surface area contributed by atoms with Gasteiger partial charge in [0.1, 0.15) is 5.75 Å². The van der Waals surface area contributed by atoms with Gasteiger partial charge >= 0.3 is 0 Å². The van der Waals surface area contributed by atoms with Gasteiger partial charge in [-0.15, -0.1) is 0 Å². The summed E-state index contributed by atoms with van der Waals surface area (Å²) in [5.41, 5.74) is 1.01. The molecular formula is C16H19N3O2. The van der Waals surface area contributed by atoms with Crippen LogP contribution in [-0.4, -0.2) is 55.0 Å². The number of piperazine rings is 1. The summed E-state index contributed by atoms with van der Waals surface area (Å²) in [5.74, 6) is 0.949. The monoisotopic (exact) mass is 285 g/mol. The zero-order chi connectivity index (χ0) is 14.7. The second-order valence-electron chi connectivity index (χ2n) is 5.49. The lowest BCUT2D eigenvalue weighted by molar-refractivity contribution is -0.135. The molecule has 110 valence electrons. The van der Waals surface area contributed by atoms with Crippen LogP contribution in [-0.2, 0) is 4.79 Å². The summed E-state index contributed by atoms with van der Waals surface area (Å²) in [7, 11) is 0. The molecule has 1 aromatic rings. The van der Waals surface area contributed by atoms with Crippen LogP contribution in [0.25, 0.3) is 0 Å². The number of rotatable bonds is 2. The molecule has 3 rings (SSSR count). The minimum absolute atomic E-state index is 0.0857. The van der Waals surface area contributed by atoms with E-state index in [-0.39, 0.29) is 11.8 Å². The number of fused-ring (bicyclic) bond motifs is 1. The first-order valence-corrected chi connectivity index (χ1v) is 7.39. The van der Waals surface area contributed by atoms with Crippen LogP contribution in [0.15, 0.2) is 24.3 Å². The molecule has 2 aliphatic rings. The molecule has 0 N–H and O–H groups in total. The Hall–Kier alpha value is -2.06. The second kappa shape index (κ2) is 6.15. The Balaban J connectivity index is 1.69. The van der Waals surface area contributed by atoms with E-state index >= 15 is 0 Å². The predicted molar refractivity (Wildman–Crippen MR) is 77.9 cm³/mol. The van der Waals surface area contributed by atoms with Crippen LogP contribution in [0.4, 0.5) is 0 Å². The SMILES string of the molecule is N#CCN1CCN(C(=O)C2CCOc3ccccc32)CC1. The highest BCUT2D eigenvalue weighted by atomic mass is 16.5. The van der Waals surface area contributed by atoms with E-state index < -0.39 is 0 Å². The van der Waals surface area contributed by atoms with Crippen molar-refractivity contribution >= 4 is 5.91 Å². The third-order valence-corrected chi connectivity index (χ3v) is 4.23. The van der Waals surface area contributed by atoms with Gasteiger partial charge in [0, 0.05) is 31.7 Å². The summed E-state index contributed by atoms with van der Waals surface area (Å²) >= 11 is 0. The van der Waals surface area contributed by atoms with Gasteiger partial charge in [-0.3, -0.25) is 9.69 Å². The molecule has 5 nitrogen and oxygen atoms in total. The summed E-state index contributed by atoms with van der Waals surface area (Å²) in [5, 5.41) is 8.72. The van der Waals surface area contributed by atoms with Crippen molar-refractivity contribution in [1.82, 2.24) is 9.80 Å². The third-order valence-electron chi connectivity index (χ3n) is 4.23. The van der Waals surface area contributed by atoms with Gasteiger partial charge in [-0.1, -0.05) is 18.2 Å². The van der Waals surface area contributed by atoms with Gasteiger partial charge in [0.25, 0.3) is 0 Å². The van der Waals surface area contributed by atoms with E-state index in [4.69, 9.17) is 10.00 Å². The molecule has 1 amide bonds. The average Bonchev–Trinajstić information content (AvgIpc) is 2.55. The van der Waals surface area contributed by atoms with E-state index in [1.54, 1.807) is 0 Å². The fourth-order valence-electron chi connectivity index (χ4n) is 3.05. The van der Waals surface area contributed by atoms with E-state index in [1.165, 1.54) is 0 Å². The predicted octanol–water partition coefficient (Wildman–Crippen LogP) is 1.22. The second-order valence-corrected chi connectivity index (χ2v) is 5.49. The largest absolute Gasteiger partial charge is 0.493 e. The van der Waals surface area contributed by atoms with Crippen LogP contribution >= 0.6 is 0 Å². The van der Waals surface area contributed by atoms with Crippen LogP contribution in [0, 0.1) is 11.3 Å². The first-order valence-electron chi connectivity index (χ1n) is 7.39. The van der Waals surface area contributed by atoms with Crippen molar-refractivity contribution in [3.05, 3.63) is 29.8 Å². The van der Waals surface area contributed by atoms with Crippen molar-refractivity contribution < 1.29 is 9.53 Å². The molecule has 1 atom stereocenters. The highest BCUT2D eigenvalue weighted by Crippen LogP contribution is 2.34. The Morgan fingerprint density at radius 1 is 1.29 bits per heavy atom. The molecule has 0 aromatic heterocycles. The van der Waals surface area contributed by atoms with Crippen molar-refractivity contribution in [1.29, 1.82) is 5.26 Å². The summed E-state index contributed by atoms with van der Waals surface area (Å²) in [4.78, 5) is 16.8. The van der Waals surface area contributed by atoms with E-state index in [2.05, 4.69) is 11.0 Å². The van der Waals surface area contributed by atoms with Gasteiger partial charge in [0.2, 0.25) is 5.91 Å². The molecule has 0 spiro atoms. The highest BCUT2D eigenvalue weighted by Gasteiger charge is 2.32. The maximum absolute atomic E-state index is 12.8. The molecule has 5 heteroatoms. The normalized spacial score (nSPS) is 22.0. The van der Waals surface area contributed by atoms with Crippen molar-refractivity contribution in [2.45, 2.75) is 12.3 Å². The fraction of sp³-hybridized carbons (Fsp3) is 0.500. The van der Waals surface area contributed by atoms with Crippen LogP contribution < -0.4 is 4.74 Å². The molecule has 0 aliphatic carbocycles. The third kappa shape index (κ3) is 2.86.